The van der Waals surface area contributed by atoms with Crippen molar-refractivity contribution in [1.82, 2.24) is 0 Å². The van der Waals surface area contributed by atoms with Gasteiger partial charge in [0.1, 0.15) is 11.2 Å². The minimum Gasteiger partial charge on any atom is -0.456 e. The number of hydrogen-bond donors (Lipinski definition) is 0. The summed E-state index contributed by atoms with van der Waals surface area (Å²) in [6.45, 7) is 0. The Morgan fingerprint density at radius 2 is 1.00 bits per heavy atom. The molecule has 1 heteroatoms. The van der Waals surface area contributed by atoms with Crippen LogP contribution in [-0.2, 0) is 0 Å². The lowest BCUT2D eigenvalue weighted by Crippen LogP contribution is -1.91. The van der Waals surface area contributed by atoms with Gasteiger partial charge in [-0.1, -0.05) is 139 Å². The van der Waals surface area contributed by atoms with Gasteiger partial charge in [0.05, 0.1) is 6.85 Å². The van der Waals surface area contributed by atoms with Crippen LogP contribution in [0.1, 0.15) is 6.85 Å². The van der Waals surface area contributed by atoms with Crippen LogP contribution >= 0.6 is 0 Å². The summed E-state index contributed by atoms with van der Waals surface area (Å²) >= 11 is 0. The molecule has 1 aromatic heterocycles. The summed E-state index contributed by atoms with van der Waals surface area (Å²) < 4.78 is 49.1. The zero-order chi connectivity index (χ0) is 32.7. The Balaban J connectivity index is 1.35. The molecule has 0 atom stereocenters. The largest absolute Gasteiger partial charge is 0.456 e. The lowest BCUT2D eigenvalue weighted by atomic mass is 9.85. The van der Waals surface area contributed by atoms with Gasteiger partial charge >= 0.3 is 0 Å². The summed E-state index contributed by atoms with van der Waals surface area (Å²) in [4.78, 5) is 0. The molecule has 0 radical (unpaired) electrons. The predicted octanol–water partition coefficient (Wildman–Crippen LogP) is 12.0. The molecule has 0 fully saturated rings. The van der Waals surface area contributed by atoms with E-state index < -0.39 is 6.04 Å². The van der Waals surface area contributed by atoms with Crippen molar-refractivity contribution in [2.24, 2.45) is 0 Å². The molecular weight excluding hydrogens is 520 g/mol. The summed E-state index contributed by atoms with van der Waals surface area (Å²) in [7, 11) is 0. The summed E-state index contributed by atoms with van der Waals surface area (Å²) in [5, 5.41) is 8.01. The molecule has 9 rings (SSSR count). The first-order valence-corrected chi connectivity index (χ1v) is 14.4. The van der Waals surface area contributed by atoms with Gasteiger partial charge in [-0.2, -0.15) is 0 Å². The summed E-state index contributed by atoms with van der Waals surface area (Å²) in [5.74, 6) is 0. The van der Waals surface area contributed by atoms with E-state index in [-0.39, 0.29) is 29.7 Å². The molecule has 0 amide bonds. The molecule has 0 bridgehead atoms. The predicted molar refractivity (Wildman–Crippen MR) is 183 cm³/mol. The van der Waals surface area contributed by atoms with Gasteiger partial charge in [-0.05, 0) is 83.9 Å². The number of benzene rings is 8. The third-order valence-electron chi connectivity index (χ3n) is 8.53. The van der Waals surface area contributed by atoms with E-state index in [0.29, 0.717) is 5.56 Å². The monoisotopic (exact) mass is 551 g/mol. The number of fused-ring (bicyclic) bond motifs is 7. The van der Waals surface area contributed by atoms with Crippen LogP contribution in [0, 0.1) is 0 Å². The second-order valence-electron chi connectivity index (χ2n) is 10.9. The van der Waals surface area contributed by atoms with Crippen molar-refractivity contribution >= 4 is 54.3 Å². The van der Waals surface area contributed by atoms with Gasteiger partial charge in [-0.15, -0.1) is 0 Å². The lowest BCUT2D eigenvalue weighted by molar-refractivity contribution is 0.669. The molecule has 43 heavy (non-hydrogen) atoms. The van der Waals surface area contributed by atoms with E-state index >= 15 is 0 Å². The van der Waals surface area contributed by atoms with Gasteiger partial charge < -0.3 is 4.42 Å². The number of furan rings is 1. The topological polar surface area (TPSA) is 13.1 Å². The summed E-state index contributed by atoms with van der Waals surface area (Å²) in [6, 6.07) is 41.7. The fourth-order valence-corrected chi connectivity index (χ4v) is 6.75. The van der Waals surface area contributed by atoms with Gasteiger partial charge in [0, 0.05) is 10.8 Å². The van der Waals surface area contributed by atoms with Crippen LogP contribution in [0.3, 0.4) is 0 Å². The van der Waals surface area contributed by atoms with Crippen LogP contribution in [0.5, 0.6) is 0 Å². The third kappa shape index (κ3) is 3.65. The zero-order valence-electron chi connectivity index (χ0n) is 28.0. The standard InChI is InChI=1S/C42H26O/c1-2-13-28(14-3-1)39-33-18-6-8-20-35(33)40(36-21-9-7-19-34(36)39)30-16-10-15-29(26-30)32-22-11-23-37-42(32)41-31-17-5-4-12-27(31)24-25-38(41)43-37/h1-26H/i1D,2D,3D,13D,14D. The Kier molecular flexibility index (Phi) is 4.27. The van der Waals surface area contributed by atoms with Crippen molar-refractivity contribution in [3.63, 3.8) is 0 Å². The van der Waals surface area contributed by atoms with Crippen molar-refractivity contribution in [2.45, 2.75) is 0 Å². The van der Waals surface area contributed by atoms with Gasteiger partial charge in [-0.3, -0.25) is 0 Å². The highest BCUT2D eigenvalue weighted by molar-refractivity contribution is 6.24. The highest BCUT2D eigenvalue weighted by atomic mass is 16.3. The molecule has 8 aromatic carbocycles. The molecule has 0 aliphatic rings. The van der Waals surface area contributed by atoms with Crippen LogP contribution in [0.25, 0.3) is 87.6 Å². The Morgan fingerprint density at radius 1 is 0.419 bits per heavy atom. The van der Waals surface area contributed by atoms with E-state index in [9.17, 15) is 0 Å². The summed E-state index contributed by atoms with van der Waals surface area (Å²) in [6.07, 6.45) is 0. The fourth-order valence-electron chi connectivity index (χ4n) is 6.75. The first-order chi connectivity index (χ1) is 23.4. The molecule has 0 aliphatic carbocycles. The fraction of sp³-hybridized carbons (Fsp3) is 0. The molecule has 1 heterocycles. The van der Waals surface area contributed by atoms with E-state index in [1.165, 1.54) is 0 Å². The maximum atomic E-state index is 8.84. The molecule has 0 saturated heterocycles. The van der Waals surface area contributed by atoms with Crippen molar-refractivity contribution in [1.29, 1.82) is 0 Å². The van der Waals surface area contributed by atoms with Crippen molar-refractivity contribution in [3.05, 3.63) is 158 Å². The highest BCUT2D eigenvalue weighted by Gasteiger charge is 2.18. The normalized spacial score (nSPS) is 13.3. The SMILES string of the molecule is [2H]c1c([2H])c([2H])c(-c2c3ccccc3c(-c3cccc(-c4cccc5oc6ccc7ccccc7c6c45)c3)c3ccccc23)c([2H])c1[2H]. The average Bonchev–Trinajstić information content (AvgIpc) is 3.52. The second-order valence-corrected chi connectivity index (χ2v) is 10.9. The zero-order valence-corrected chi connectivity index (χ0v) is 23.0. The van der Waals surface area contributed by atoms with E-state index in [1.54, 1.807) is 0 Å². The van der Waals surface area contributed by atoms with Crippen LogP contribution in [0.15, 0.2) is 162 Å². The highest BCUT2D eigenvalue weighted by Crippen LogP contribution is 2.45. The van der Waals surface area contributed by atoms with E-state index in [1.807, 2.05) is 54.6 Å². The van der Waals surface area contributed by atoms with Crippen LogP contribution in [0.2, 0.25) is 0 Å². The van der Waals surface area contributed by atoms with E-state index in [4.69, 9.17) is 11.3 Å². The van der Waals surface area contributed by atoms with Gasteiger partial charge in [-0.25, -0.2) is 0 Å². The molecule has 0 aliphatic heterocycles. The molecular formula is C42H26O. The quantitative estimate of drug-likeness (QED) is 0.199. The third-order valence-corrected chi connectivity index (χ3v) is 8.53. The molecule has 9 aromatic rings. The number of hydrogen-bond acceptors (Lipinski definition) is 1. The van der Waals surface area contributed by atoms with E-state index in [0.717, 1.165) is 76.5 Å². The van der Waals surface area contributed by atoms with Crippen molar-refractivity contribution in [2.75, 3.05) is 0 Å². The minimum absolute atomic E-state index is 0.208. The van der Waals surface area contributed by atoms with E-state index in [2.05, 4.69) is 72.8 Å². The molecule has 200 valence electrons. The van der Waals surface area contributed by atoms with Gasteiger partial charge in [0.2, 0.25) is 0 Å². The molecule has 0 unspecified atom stereocenters. The molecule has 0 spiro atoms. The van der Waals surface area contributed by atoms with Crippen molar-refractivity contribution in [3.8, 4) is 33.4 Å². The first-order valence-electron chi connectivity index (χ1n) is 16.9. The maximum Gasteiger partial charge on any atom is 0.136 e. The number of rotatable bonds is 3. The maximum absolute atomic E-state index is 8.84. The lowest BCUT2D eigenvalue weighted by Gasteiger charge is -2.18. The average molecular weight is 552 g/mol. The second kappa shape index (κ2) is 9.44. The molecule has 1 nitrogen and oxygen atoms in total. The van der Waals surface area contributed by atoms with Crippen LogP contribution in [-0.4, -0.2) is 0 Å². The Hall–Kier alpha value is -5.66. The Bertz CT molecular complexity index is 2710. The van der Waals surface area contributed by atoms with Crippen LogP contribution in [0.4, 0.5) is 0 Å². The Morgan fingerprint density at radius 3 is 1.72 bits per heavy atom. The first kappa shape index (κ1) is 19.5. The summed E-state index contributed by atoms with van der Waals surface area (Å²) in [5.41, 5.74) is 6.70. The van der Waals surface area contributed by atoms with Gasteiger partial charge in [0.25, 0.3) is 0 Å². The molecule has 0 saturated carbocycles. The van der Waals surface area contributed by atoms with Gasteiger partial charge in [0.15, 0.2) is 0 Å². The minimum atomic E-state index is -0.399. The van der Waals surface area contributed by atoms with Crippen LogP contribution < -0.4 is 0 Å². The van der Waals surface area contributed by atoms with Crippen molar-refractivity contribution < 1.29 is 11.3 Å². The Labute approximate surface area is 256 Å². The molecule has 0 N–H and O–H groups in total. The smallest absolute Gasteiger partial charge is 0.136 e.